The van der Waals surface area contributed by atoms with Gasteiger partial charge in [-0.1, -0.05) is 30.3 Å². The third-order valence-corrected chi connectivity index (χ3v) is 4.31. The van der Waals surface area contributed by atoms with Gasteiger partial charge in [0.1, 0.15) is 5.75 Å². The third kappa shape index (κ3) is 3.24. The molecule has 2 nitrogen and oxygen atoms in total. The van der Waals surface area contributed by atoms with Gasteiger partial charge < -0.3 is 10.1 Å². The van der Waals surface area contributed by atoms with Crippen LogP contribution in [0.15, 0.2) is 54.6 Å². The van der Waals surface area contributed by atoms with Gasteiger partial charge in [0, 0.05) is 11.8 Å². The molecule has 3 heteroatoms. The molecule has 1 N–H and O–H groups in total. The largest absolute Gasteiger partial charge is 0.455 e. The van der Waals surface area contributed by atoms with E-state index in [0.717, 1.165) is 17.2 Å². The lowest BCUT2D eigenvalue weighted by molar-refractivity contribution is 0.483. The SMILES string of the molecule is c1ccc(Oc2ccccc2NC2CCSC2)cc1. The molecular formula is C16H17NOS. The minimum absolute atomic E-state index is 0.561. The first kappa shape index (κ1) is 12.4. The molecule has 0 bridgehead atoms. The van der Waals surface area contributed by atoms with Crippen LogP contribution in [0, 0.1) is 0 Å². The molecule has 0 aromatic heterocycles. The average molecular weight is 271 g/mol. The van der Waals surface area contributed by atoms with E-state index >= 15 is 0 Å². The standard InChI is InChI=1S/C16H17NOS/c1-2-6-14(7-3-1)18-16-9-5-4-8-15(16)17-13-10-11-19-12-13/h1-9,13,17H,10-12H2. The molecule has 1 aliphatic rings. The lowest BCUT2D eigenvalue weighted by atomic mass is 10.2. The van der Waals surface area contributed by atoms with Crippen LogP contribution in [0.3, 0.4) is 0 Å². The molecule has 0 aliphatic carbocycles. The highest BCUT2D eigenvalue weighted by atomic mass is 32.2. The first-order valence-electron chi connectivity index (χ1n) is 6.58. The van der Waals surface area contributed by atoms with Crippen molar-refractivity contribution < 1.29 is 4.74 Å². The van der Waals surface area contributed by atoms with Gasteiger partial charge in [-0.25, -0.2) is 0 Å². The fourth-order valence-electron chi connectivity index (χ4n) is 2.16. The minimum Gasteiger partial charge on any atom is -0.455 e. The Morgan fingerprint density at radius 2 is 1.79 bits per heavy atom. The number of rotatable bonds is 4. The number of hydrogen-bond donors (Lipinski definition) is 1. The number of anilines is 1. The fourth-order valence-corrected chi connectivity index (χ4v) is 3.31. The summed E-state index contributed by atoms with van der Waals surface area (Å²) in [6, 6.07) is 18.6. The van der Waals surface area contributed by atoms with Gasteiger partial charge in [-0.3, -0.25) is 0 Å². The second kappa shape index (κ2) is 6.02. The second-order valence-electron chi connectivity index (χ2n) is 4.62. The quantitative estimate of drug-likeness (QED) is 0.890. The van der Waals surface area contributed by atoms with E-state index in [1.807, 2.05) is 60.3 Å². The summed E-state index contributed by atoms with van der Waals surface area (Å²) >= 11 is 2.01. The molecule has 1 saturated heterocycles. The molecule has 1 heterocycles. The van der Waals surface area contributed by atoms with Crippen LogP contribution < -0.4 is 10.1 Å². The van der Waals surface area contributed by atoms with Gasteiger partial charge in [0.25, 0.3) is 0 Å². The van der Waals surface area contributed by atoms with E-state index in [-0.39, 0.29) is 0 Å². The summed E-state index contributed by atoms with van der Waals surface area (Å²) in [5.41, 5.74) is 1.08. The number of para-hydroxylation sites is 3. The van der Waals surface area contributed by atoms with E-state index < -0.39 is 0 Å². The first-order valence-corrected chi connectivity index (χ1v) is 7.73. The Labute approximate surface area is 118 Å². The maximum absolute atomic E-state index is 5.95. The van der Waals surface area contributed by atoms with Crippen LogP contribution in [-0.4, -0.2) is 17.5 Å². The summed E-state index contributed by atoms with van der Waals surface area (Å²) in [6.45, 7) is 0. The van der Waals surface area contributed by atoms with Crippen molar-refractivity contribution in [1.29, 1.82) is 0 Å². The van der Waals surface area contributed by atoms with E-state index in [1.165, 1.54) is 17.9 Å². The molecule has 0 spiro atoms. The number of hydrogen-bond acceptors (Lipinski definition) is 3. The summed E-state index contributed by atoms with van der Waals surface area (Å²) in [6.07, 6.45) is 1.23. The zero-order valence-electron chi connectivity index (χ0n) is 10.7. The van der Waals surface area contributed by atoms with Gasteiger partial charge in [-0.2, -0.15) is 11.8 Å². The van der Waals surface area contributed by atoms with E-state index in [9.17, 15) is 0 Å². The predicted molar refractivity (Wildman–Crippen MR) is 82.3 cm³/mol. The van der Waals surface area contributed by atoms with Gasteiger partial charge in [0.15, 0.2) is 5.75 Å². The van der Waals surface area contributed by atoms with Gasteiger partial charge in [0.05, 0.1) is 5.69 Å². The minimum atomic E-state index is 0.561. The molecule has 98 valence electrons. The molecule has 1 unspecified atom stereocenters. The van der Waals surface area contributed by atoms with Crippen LogP contribution in [0.4, 0.5) is 5.69 Å². The zero-order valence-corrected chi connectivity index (χ0v) is 11.5. The average Bonchev–Trinajstić information content (AvgIpc) is 2.95. The highest BCUT2D eigenvalue weighted by Crippen LogP contribution is 2.31. The molecule has 0 amide bonds. The van der Waals surface area contributed by atoms with E-state index in [4.69, 9.17) is 4.74 Å². The Morgan fingerprint density at radius 1 is 1.00 bits per heavy atom. The molecule has 19 heavy (non-hydrogen) atoms. The number of ether oxygens (including phenoxy) is 1. The molecule has 0 radical (unpaired) electrons. The van der Waals surface area contributed by atoms with E-state index in [0.29, 0.717) is 6.04 Å². The van der Waals surface area contributed by atoms with Crippen molar-refractivity contribution in [2.45, 2.75) is 12.5 Å². The van der Waals surface area contributed by atoms with Crippen molar-refractivity contribution >= 4 is 17.4 Å². The van der Waals surface area contributed by atoms with Crippen molar-refractivity contribution in [1.82, 2.24) is 0 Å². The number of nitrogens with one attached hydrogen (secondary N) is 1. The van der Waals surface area contributed by atoms with Crippen LogP contribution in [-0.2, 0) is 0 Å². The summed E-state index contributed by atoms with van der Waals surface area (Å²) in [5.74, 6) is 4.20. The van der Waals surface area contributed by atoms with Gasteiger partial charge in [-0.15, -0.1) is 0 Å². The van der Waals surface area contributed by atoms with Gasteiger partial charge in [0.2, 0.25) is 0 Å². The maximum Gasteiger partial charge on any atom is 0.150 e. The monoisotopic (exact) mass is 271 g/mol. The van der Waals surface area contributed by atoms with E-state index in [1.54, 1.807) is 0 Å². The molecule has 0 saturated carbocycles. The Morgan fingerprint density at radius 3 is 2.58 bits per heavy atom. The first-order chi connectivity index (χ1) is 9.42. The fraction of sp³-hybridized carbons (Fsp3) is 0.250. The van der Waals surface area contributed by atoms with Crippen molar-refractivity contribution in [2.75, 3.05) is 16.8 Å². The van der Waals surface area contributed by atoms with Crippen LogP contribution in [0.2, 0.25) is 0 Å². The Bertz CT molecular complexity index is 523. The highest BCUT2D eigenvalue weighted by Gasteiger charge is 2.16. The second-order valence-corrected chi connectivity index (χ2v) is 5.77. The topological polar surface area (TPSA) is 21.3 Å². The summed E-state index contributed by atoms with van der Waals surface area (Å²) in [4.78, 5) is 0. The number of benzene rings is 2. The molecule has 1 atom stereocenters. The third-order valence-electron chi connectivity index (χ3n) is 3.15. The molecule has 2 aromatic carbocycles. The Kier molecular flexibility index (Phi) is 3.94. The Hall–Kier alpha value is -1.61. The molecular weight excluding hydrogens is 254 g/mol. The van der Waals surface area contributed by atoms with Gasteiger partial charge in [-0.05, 0) is 36.4 Å². The van der Waals surface area contributed by atoms with Crippen molar-refractivity contribution in [3.8, 4) is 11.5 Å². The van der Waals surface area contributed by atoms with Crippen LogP contribution in [0.5, 0.6) is 11.5 Å². The van der Waals surface area contributed by atoms with Crippen LogP contribution >= 0.6 is 11.8 Å². The van der Waals surface area contributed by atoms with Crippen molar-refractivity contribution in [3.63, 3.8) is 0 Å². The van der Waals surface area contributed by atoms with Crippen molar-refractivity contribution in [3.05, 3.63) is 54.6 Å². The summed E-state index contributed by atoms with van der Waals surface area (Å²) in [7, 11) is 0. The normalized spacial score (nSPS) is 18.2. The lowest BCUT2D eigenvalue weighted by Gasteiger charge is -2.16. The molecule has 2 aromatic rings. The lowest BCUT2D eigenvalue weighted by Crippen LogP contribution is -2.18. The summed E-state index contributed by atoms with van der Waals surface area (Å²) < 4.78 is 5.95. The Balaban J connectivity index is 1.77. The smallest absolute Gasteiger partial charge is 0.150 e. The number of thioether (sulfide) groups is 1. The van der Waals surface area contributed by atoms with Crippen LogP contribution in [0.1, 0.15) is 6.42 Å². The molecule has 3 rings (SSSR count). The predicted octanol–water partition coefficient (Wildman–Crippen LogP) is 4.40. The molecule has 1 fully saturated rings. The molecule has 1 aliphatic heterocycles. The van der Waals surface area contributed by atoms with Crippen LogP contribution in [0.25, 0.3) is 0 Å². The van der Waals surface area contributed by atoms with Gasteiger partial charge >= 0.3 is 0 Å². The van der Waals surface area contributed by atoms with Crippen molar-refractivity contribution in [2.24, 2.45) is 0 Å². The highest BCUT2D eigenvalue weighted by molar-refractivity contribution is 7.99. The summed E-state index contributed by atoms with van der Waals surface area (Å²) in [5, 5.41) is 3.58. The zero-order chi connectivity index (χ0) is 12.9. The van der Waals surface area contributed by atoms with E-state index in [2.05, 4.69) is 11.4 Å². The maximum atomic E-state index is 5.95.